The van der Waals surface area contributed by atoms with E-state index in [1.807, 2.05) is 0 Å². The normalized spacial score (nSPS) is 22.5. The van der Waals surface area contributed by atoms with Crippen molar-refractivity contribution in [1.82, 2.24) is 19.8 Å². The maximum absolute atomic E-state index is 13.1. The first-order chi connectivity index (χ1) is 11.9. The van der Waals surface area contributed by atoms with Gasteiger partial charge in [-0.3, -0.25) is 9.59 Å². The third-order valence-corrected chi connectivity index (χ3v) is 4.64. The summed E-state index contributed by atoms with van der Waals surface area (Å²) in [6.45, 7) is 2.73. The number of rotatable bonds is 6. The van der Waals surface area contributed by atoms with Crippen LogP contribution in [-0.2, 0) is 20.8 Å². The molecule has 1 aromatic heterocycles. The third kappa shape index (κ3) is 2.88. The van der Waals surface area contributed by atoms with Crippen molar-refractivity contribution in [3.63, 3.8) is 0 Å². The smallest absolute Gasteiger partial charge is 0.359 e. The Labute approximate surface area is 145 Å². The highest BCUT2D eigenvalue weighted by Gasteiger charge is 2.53. The Morgan fingerprint density at radius 2 is 2.12 bits per heavy atom. The van der Waals surface area contributed by atoms with E-state index in [4.69, 9.17) is 9.47 Å². The summed E-state index contributed by atoms with van der Waals surface area (Å²) in [7, 11) is 2.80. The number of amides is 2. The maximum Gasteiger partial charge on any atom is 0.359 e. The standard InChI is InChI=1S/C16H22N4O5/c1-16(15(23)17-6-7-24-2)8-19-9-18-11(14(22)25-3)12(19)13(21)20(16)10-4-5-10/h9-10H,4-8H2,1-3H3,(H,17,23). The molecule has 0 aromatic carbocycles. The number of nitrogens with zero attached hydrogens (tertiary/aromatic N) is 3. The number of imidazole rings is 1. The average Bonchev–Trinajstić information content (AvgIpc) is 3.32. The van der Waals surface area contributed by atoms with Crippen LogP contribution in [0.2, 0.25) is 0 Å². The summed E-state index contributed by atoms with van der Waals surface area (Å²) in [5.74, 6) is -1.27. The van der Waals surface area contributed by atoms with Crippen molar-refractivity contribution in [2.45, 2.75) is 37.9 Å². The molecule has 9 heteroatoms. The monoisotopic (exact) mass is 350 g/mol. The molecule has 1 unspecified atom stereocenters. The minimum atomic E-state index is -1.05. The second kappa shape index (κ2) is 6.47. The lowest BCUT2D eigenvalue weighted by molar-refractivity contribution is -0.133. The van der Waals surface area contributed by atoms with Gasteiger partial charge in [0.1, 0.15) is 11.2 Å². The van der Waals surface area contributed by atoms with Crippen LogP contribution in [0.25, 0.3) is 0 Å². The number of nitrogens with one attached hydrogen (secondary N) is 1. The quantitative estimate of drug-likeness (QED) is 0.563. The van der Waals surface area contributed by atoms with E-state index in [2.05, 4.69) is 10.3 Å². The lowest BCUT2D eigenvalue weighted by Gasteiger charge is -2.44. The molecule has 0 bridgehead atoms. The van der Waals surface area contributed by atoms with Gasteiger partial charge in [0.2, 0.25) is 5.91 Å². The van der Waals surface area contributed by atoms with E-state index in [9.17, 15) is 14.4 Å². The summed E-state index contributed by atoms with van der Waals surface area (Å²) in [4.78, 5) is 43.4. The highest BCUT2D eigenvalue weighted by molar-refractivity contribution is 6.06. The zero-order chi connectivity index (χ0) is 18.2. The van der Waals surface area contributed by atoms with Crippen LogP contribution < -0.4 is 5.32 Å². The molecule has 9 nitrogen and oxygen atoms in total. The van der Waals surface area contributed by atoms with Gasteiger partial charge in [-0.15, -0.1) is 0 Å². The fourth-order valence-corrected chi connectivity index (χ4v) is 3.26. The number of aromatic nitrogens is 2. The van der Waals surface area contributed by atoms with Crippen LogP contribution >= 0.6 is 0 Å². The fourth-order valence-electron chi connectivity index (χ4n) is 3.26. The van der Waals surface area contributed by atoms with Crippen LogP contribution in [0.3, 0.4) is 0 Å². The molecule has 2 amide bonds. The number of carbonyl (C=O) groups is 3. The molecule has 3 rings (SSSR count). The Morgan fingerprint density at radius 1 is 1.40 bits per heavy atom. The summed E-state index contributed by atoms with van der Waals surface area (Å²) >= 11 is 0. The van der Waals surface area contributed by atoms with Crippen molar-refractivity contribution >= 4 is 17.8 Å². The lowest BCUT2D eigenvalue weighted by Crippen LogP contribution is -2.65. The number of hydrogen-bond donors (Lipinski definition) is 1. The third-order valence-electron chi connectivity index (χ3n) is 4.64. The zero-order valence-electron chi connectivity index (χ0n) is 14.6. The van der Waals surface area contributed by atoms with E-state index in [1.165, 1.54) is 13.4 Å². The minimum absolute atomic E-state index is 0.000165. The Bertz CT molecular complexity index is 711. The van der Waals surface area contributed by atoms with Gasteiger partial charge in [-0.2, -0.15) is 0 Å². The second-order valence-corrected chi connectivity index (χ2v) is 6.49. The number of methoxy groups -OCH3 is 2. The van der Waals surface area contributed by atoms with Crippen LogP contribution in [0, 0.1) is 0 Å². The SMILES string of the molecule is COCCNC(=O)C1(C)Cn2cnc(C(=O)OC)c2C(=O)N1C1CC1. The van der Waals surface area contributed by atoms with Gasteiger partial charge >= 0.3 is 5.97 Å². The molecule has 0 saturated heterocycles. The van der Waals surface area contributed by atoms with Crippen molar-refractivity contribution in [1.29, 1.82) is 0 Å². The number of ether oxygens (including phenoxy) is 2. The predicted molar refractivity (Wildman–Crippen MR) is 86.0 cm³/mol. The molecule has 1 aliphatic heterocycles. The second-order valence-electron chi connectivity index (χ2n) is 6.49. The van der Waals surface area contributed by atoms with Crippen LogP contribution in [0.15, 0.2) is 6.33 Å². The first-order valence-corrected chi connectivity index (χ1v) is 8.18. The van der Waals surface area contributed by atoms with Crippen molar-refractivity contribution in [3.05, 3.63) is 17.7 Å². The largest absolute Gasteiger partial charge is 0.464 e. The molecule has 1 fully saturated rings. The van der Waals surface area contributed by atoms with Gasteiger partial charge in [0.25, 0.3) is 5.91 Å². The topological polar surface area (TPSA) is 103 Å². The lowest BCUT2D eigenvalue weighted by atomic mass is 9.94. The number of esters is 1. The molecule has 0 spiro atoms. The molecule has 0 radical (unpaired) electrons. The zero-order valence-corrected chi connectivity index (χ0v) is 14.6. The molecule has 1 saturated carbocycles. The molecule has 136 valence electrons. The number of carbonyl (C=O) groups excluding carboxylic acids is 3. The minimum Gasteiger partial charge on any atom is -0.464 e. The molecule has 25 heavy (non-hydrogen) atoms. The Hall–Kier alpha value is -2.42. The maximum atomic E-state index is 13.1. The van der Waals surface area contributed by atoms with E-state index in [1.54, 1.807) is 23.5 Å². The van der Waals surface area contributed by atoms with Crippen molar-refractivity contribution < 1.29 is 23.9 Å². The Balaban J connectivity index is 1.96. The van der Waals surface area contributed by atoms with Gasteiger partial charge in [-0.25, -0.2) is 9.78 Å². The predicted octanol–water partition coefficient (Wildman–Crippen LogP) is -0.191. The molecule has 2 aliphatic rings. The van der Waals surface area contributed by atoms with Crippen LogP contribution in [0.5, 0.6) is 0 Å². The first kappa shape index (κ1) is 17.4. The van der Waals surface area contributed by atoms with Crippen LogP contribution in [0.1, 0.15) is 40.7 Å². The summed E-state index contributed by atoms with van der Waals surface area (Å²) in [5, 5.41) is 2.82. The van der Waals surface area contributed by atoms with Crippen molar-refractivity contribution in [2.24, 2.45) is 0 Å². The van der Waals surface area contributed by atoms with Crippen LogP contribution in [0.4, 0.5) is 0 Å². The molecular formula is C16H22N4O5. The number of hydrogen-bond acceptors (Lipinski definition) is 6. The van der Waals surface area contributed by atoms with Gasteiger partial charge in [0.15, 0.2) is 5.69 Å². The van der Waals surface area contributed by atoms with Gasteiger partial charge in [0.05, 0.1) is 26.6 Å². The highest BCUT2D eigenvalue weighted by atomic mass is 16.5. The van der Waals surface area contributed by atoms with Gasteiger partial charge in [-0.05, 0) is 19.8 Å². The number of fused-ring (bicyclic) bond motifs is 1. The summed E-state index contributed by atoms with van der Waals surface area (Å²) < 4.78 is 11.2. The Kier molecular flexibility index (Phi) is 4.51. The fraction of sp³-hybridized carbons (Fsp3) is 0.625. The van der Waals surface area contributed by atoms with Crippen molar-refractivity contribution in [2.75, 3.05) is 27.4 Å². The molecule has 2 heterocycles. The van der Waals surface area contributed by atoms with E-state index in [0.29, 0.717) is 13.2 Å². The van der Waals surface area contributed by atoms with E-state index >= 15 is 0 Å². The molecule has 1 N–H and O–H groups in total. The van der Waals surface area contributed by atoms with E-state index in [-0.39, 0.29) is 35.8 Å². The first-order valence-electron chi connectivity index (χ1n) is 8.18. The highest BCUT2D eigenvalue weighted by Crippen LogP contribution is 2.38. The molecule has 1 aliphatic carbocycles. The summed E-state index contributed by atoms with van der Waals surface area (Å²) in [6, 6.07) is -0.000165. The van der Waals surface area contributed by atoms with E-state index in [0.717, 1.165) is 12.8 Å². The van der Waals surface area contributed by atoms with Crippen molar-refractivity contribution in [3.8, 4) is 0 Å². The molecular weight excluding hydrogens is 328 g/mol. The Morgan fingerprint density at radius 3 is 2.72 bits per heavy atom. The van der Waals surface area contributed by atoms with Gasteiger partial charge in [-0.1, -0.05) is 0 Å². The molecule has 1 atom stereocenters. The van der Waals surface area contributed by atoms with Crippen LogP contribution in [-0.4, -0.2) is 71.2 Å². The van der Waals surface area contributed by atoms with Gasteiger partial charge < -0.3 is 24.3 Å². The summed E-state index contributed by atoms with van der Waals surface area (Å²) in [5.41, 5.74) is -0.881. The van der Waals surface area contributed by atoms with Gasteiger partial charge in [0, 0.05) is 19.7 Å². The average molecular weight is 350 g/mol. The molecule has 1 aromatic rings. The van der Waals surface area contributed by atoms with E-state index < -0.39 is 11.5 Å². The summed E-state index contributed by atoms with van der Waals surface area (Å²) in [6.07, 6.45) is 3.09.